The first-order chi connectivity index (χ1) is 8.48. The number of nitrogens with two attached hydrogens (primary N) is 1. The van der Waals surface area contributed by atoms with E-state index in [9.17, 15) is 0 Å². The van der Waals surface area contributed by atoms with Crippen LogP contribution in [0.25, 0.3) is 0 Å². The zero-order valence-corrected chi connectivity index (χ0v) is 12.5. The Balaban J connectivity index is 1.99. The summed E-state index contributed by atoms with van der Waals surface area (Å²) >= 11 is 0. The van der Waals surface area contributed by atoms with Gasteiger partial charge in [0.2, 0.25) is 0 Å². The van der Waals surface area contributed by atoms with Crippen LogP contribution >= 0.6 is 0 Å². The van der Waals surface area contributed by atoms with Crippen LogP contribution in [0, 0.1) is 0 Å². The molecule has 0 spiro atoms. The van der Waals surface area contributed by atoms with Gasteiger partial charge in [0.25, 0.3) is 0 Å². The number of hydrogen-bond donors (Lipinski definition) is 1. The van der Waals surface area contributed by atoms with Crippen LogP contribution in [0.3, 0.4) is 0 Å². The van der Waals surface area contributed by atoms with E-state index in [0.717, 1.165) is 13.1 Å². The molecule has 106 valence electrons. The third-order valence-electron chi connectivity index (χ3n) is 5.07. The van der Waals surface area contributed by atoms with E-state index in [1.54, 1.807) is 0 Å². The third kappa shape index (κ3) is 2.57. The van der Waals surface area contributed by atoms with Gasteiger partial charge in [0.1, 0.15) is 0 Å². The Labute approximate surface area is 112 Å². The van der Waals surface area contributed by atoms with Crippen LogP contribution in [0.4, 0.5) is 0 Å². The van der Waals surface area contributed by atoms with Crippen LogP contribution in [-0.2, 0) is 0 Å². The molecule has 0 bridgehead atoms. The molecular weight excluding hydrogens is 224 g/mol. The number of nitrogens with zero attached hydrogens (tertiary/aromatic N) is 3. The molecular formula is C14H30N4. The fourth-order valence-electron chi connectivity index (χ4n) is 3.61. The van der Waals surface area contributed by atoms with Crippen LogP contribution in [0.5, 0.6) is 0 Å². The van der Waals surface area contributed by atoms with E-state index in [2.05, 4.69) is 42.5 Å². The van der Waals surface area contributed by atoms with E-state index in [-0.39, 0.29) is 5.54 Å². The van der Waals surface area contributed by atoms with Crippen molar-refractivity contribution in [2.24, 2.45) is 5.73 Å². The van der Waals surface area contributed by atoms with E-state index >= 15 is 0 Å². The predicted molar refractivity (Wildman–Crippen MR) is 76.8 cm³/mol. The van der Waals surface area contributed by atoms with Crippen LogP contribution in [0.15, 0.2) is 0 Å². The number of likely N-dealkylation sites (tertiary alicyclic amines) is 1. The van der Waals surface area contributed by atoms with Crippen molar-refractivity contribution in [3.8, 4) is 0 Å². The lowest BCUT2D eigenvalue weighted by Gasteiger charge is -2.46. The molecule has 2 rings (SSSR count). The molecule has 0 aromatic rings. The summed E-state index contributed by atoms with van der Waals surface area (Å²) in [6.45, 7) is 13.6. The minimum Gasteiger partial charge on any atom is -0.329 e. The zero-order valence-electron chi connectivity index (χ0n) is 12.5. The molecule has 0 aromatic heterocycles. The van der Waals surface area contributed by atoms with Crippen LogP contribution < -0.4 is 5.73 Å². The van der Waals surface area contributed by atoms with Crippen molar-refractivity contribution in [2.75, 3.05) is 46.3 Å². The van der Waals surface area contributed by atoms with Crippen molar-refractivity contribution in [2.45, 2.75) is 44.8 Å². The van der Waals surface area contributed by atoms with E-state index in [4.69, 9.17) is 5.73 Å². The minimum absolute atomic E-state index is 0.233. The second-order valence-corrected chi connectivity index (χ2v) is 6.51. The quantitative estimate of drug-likeness (QED) is 0.792. The molecule has 2 atom stereocenters. The van der Waals surface area contributed by atoms with Crippen molar-refractivity contribution in [1.29, 1.82) is 0 Å². The average molecular weight is 254 g/mol. The van der Waals surface area contributed by atoms with Gasteiger partial charge in [0, 0.05) is 56.9 Å². The van der Waals surface area contributed by atoms with Crippen molar-refractivity contribution in [1.82, 2.24) is 14.7 Å². The molecule has 4 heteroatoms. The highest BCUT2D eigenvalue weighted by molar-refractivity contribution is 5.03. The maximum absolute atomic E-state index is 6.14. The molecule has 2 fully saturated rings. The van der Waals surface area contributed by atoms with Gasteiger partial charge < -0.3 is 10.6 Å². The molecule has 2 unspecified atom stereocenters. The number of rotatable bonds is 3. The number of likely N-dealkylation sites (N-methyl/N-ethyl adjacent to an activating group) is 1. The van der Waals surface area contributed by atoms with Crippen molar-refractivity contribution < 1.29 is 0 Å². The maximum atomic E-state index is 6.14. The first-order valence-corrected chi connectivity index (χ1v) is 7.38. The summed E-state index contributed by atoms with van der Waals surface area (Å²) in [4.78, 5) is 7.69. The summed E-state index contributed by atoms with van der Waals surface area (Å²) < 4.78 is 0. The average Bonchev–Trinajstić information content (AvgIpc) is 2.66. The topological polar surface area (TPSA) is 35.7 Å². The van der Waals surface area contributed by atoms with E-state index in [1.165, 1.54) is 32.6 Å². The second-order valence-electron chi connectivity index (χ2n) is 6.51. The highest BCUT2D eigenvalue weighted by Gasteiger charge is 2.44. The fourth-order valence-corrected chi connectivity index (χ4v) is 3.61. The van der Waals surface area contributed by atoms with Crippen LogP contribution in [-0.4, -0.2) is 78.6 Å². The lowest BCUT2D eigenvalue weighted by molar-refractivity contribution is 0.0312. The van der Waals surface area contributed by atoms with Gasteiger partial charge >= 0.3 is 0 Å². The van der Waals surface area contributed by atoms with Gasteiger partial charge in [-0.3, -0.25) is 9.80 Å². The van der Waals surface area contributed by atoms with Gasteiger partial charge in [-0.1, -0.05) is 0 Å². The minimum atomic E-state index is 0.233. The molecule has 4 nitrogen and oxygen atoms in total. The van der Waals surface area contributed by atoms with Gasteiger partial charge in [0.15, 0.2) is 0 Å². The van der Waals surface area contributed by atoms with Gasteiger partial charge in [-0.2, -0.15) is 0 Å². The van der Waals surface area contributed by atoms with E-state index in [0.29, 0.717) is 12.1 Å². The molecule has 2 heterocycles. The standard InChI is InChI=1S/C14H30N4/c1-12(2)17-5-7-18(8-6-17)14(10-15)9-13(3)16(4)11-14/h12-13H,5-11,15H2,1-4H3. The monoisotopic (exact) mass is 254 g/mol. The zero-order chi connectivity index (χ0) is 13.3. The second kappa shape index (κ2) is 5.45. The summed E-state index contributed by atoms with van der Waals surface area (Å²) in [6.07, 6.45) is 1.22. The molecule has 0 radical (unpaired) electrons. The smallest absolute Gasteiger partial charge is 0.0474 e. The van der Waals surface area contributed by atoms with Crippen molar-refractivity contribution >= 4 is 0 Å². The molecule has 18 heavy (non-hydrogen) atoms. The molecule has 0 amide bonds. The highest BCUT2D eigenvalue weighted by Crippen LogP contribution is 2.31. The number of piperazine rings is 1. The van der Waals surface area contributed by atoms with Gasteiger partial charge in [-0.05, 0) is 34.2 Å². The molecule has 2 aliphatic rings. The summed E-state index contributed by atoms with van der Waals surface area (Å²) in [5.74, 6) is 0. The van der Waals surface area contributed by atoms with Crippen LogP contribution in [0.2, 0.25) is 0 Å². The largest absolute Gasteiger partial charge is 0.329 e. The molecule has 0 aromatic carbocycles. The van der Waals surface area contributed by atoms with Crippen molar-refractivity contribution in [3.63, 3.8) is 0 Å². The summed E-state index contributed by atoms with van der Waals surface area (Å²) in [6, 6.07) is 1.34. The third-order valence-corrected chi connectivity index (χ3v) is 5.07. The molecule has 2 saturated heterocycles. The summed E-state index contributed by atoms with van der Waals surface area (Å²) in [7, 11) is 2.23. The Bertz CT molecular complexity index is 261. The molecule has 2 aliphatic heterocycles. The normalized spacial score (nSPS) is 36.7. The Morgan fingerprint density at radius 2 is 1.83 bits per heavy atom. The lowest BCUT2D eigenvalue weighted by Crippen LogP contribution is -2.61. The van der Waals surface area contributed by atoms with E-state index in [1.807, 2.05) is 0 Å². The van der Waals surface area contributed by atoms with Crippen LogP contribution in [0.1, 0.15) is 27.2 Å². The molecule has 2 N–H and O–H groups in total. The SMILES string of the molecule is CC1CC(CN)(N2CCN(C(C)C)CC2)CN1C. The molecule has 0 aliphatic carbocycles. The lowest BCUT2D eigenvalue weighted by atomic mass is 9.93. The summed E-state index contributed by atoms with van der Waals surface area (Å²) in [5, 5.41) is 0. The Morgan fingerprint density at radius 1 is 1.22 bits per heavy atom. The van der Waals surface area contributed by atoms with Gasteiger partial charge in [0.05, 0.1) is 0 Å². The highest BCUT2D eigenvalue weighted by atomic mass is 15.3. The Hall–Kier alpha value is -0.160. The Kier molecular flexibility index (Phi) is 4.32. The van der Waals surface area contributed by atoms with Gasteiger partial charge in [-0.25, -0.2) is 0 Å². The van der Waals surface area contributed by atoms with E-state index < -0.39 is 0 Å². The summed E-state index contributed by atoms with van der Waals surface area (Å²) in [5.41, 5.74) is 6.37. The van der Waals surface area contributed by atoms with Gasteiger partial charge in [-0.15, -0.1) is 0 Å². The fraction of sp³-hybridized carbons (Fsp3) is 1.00. The maximum Gasteiger partial charge on any atom is 0.0474 e. The first kappa shape index (κ1) is 14.3. The number of hydrogen-bond acceptors (Lipinski definition) is 4. The Morgan fingerprint density at radius 3 is 2.22 bits per heavy atom. The molecule has 0 saturated carbocycles. The first-order valence-electron chi connectivity index (χ1n) is 7.38. The predicted octanol–water partition coefficient (Wildman–Crippen LogP) is 0.434. The van der Waals surface area contributed by atoms with Crippen molar-refractivity contribution in [3.05, 3.63) is 0 Å².